The van der Waals surface area contributed by atoms with Crippen LogP contribution in [0.15, 0.2) is 31.6 Å². The van der Waals surface area contributed by atoms with Crippen LogP contribution in [0.25, 0.3) is 10.9 Å². The number of H-pyrrole nitrogens is 1. The van der Waals surface area contributed by atoms with Crippen LogP contribution in [0.4, 0.5) is 13.2 Å². The first-order valence-electron chi connectivity index (χ1n) is 15.6. The van der Waals surface area contributed by atoms with Crippen molar-refractivity contribution in [2.45, 2.75) is 104 Å². The van der Waals surface area contributed by atoms with E-state index in [1.165, 1.54) is 58.3 Å². The summed E-state index contributed by atoms with van der Waals surface area (Å²) in [7, 11) is -3.96. The SMILES string of the molecule is CCC[CH2][Sn]([CH2]CCC)([CH2]CCC)[C]1=CCCO1.CS(=O)(=O)Nn1c(=O)[nH]c2cc(C(F)(F)F)c(C3CCCO3)cc2c1=O. The van der Waals surface area contributed by atoms with Gasteiger partial charge in [-0.2, -0.15) is 17.8 Å². The van der Waals surface area contributed by atoms with Gasteiger partial charge in [-0.3, -0.25) is 4.79 Å². The van der Waals surface area contributed by atoms with E-state index in [9.17, 15) is 31.2 Å². The Morgan fingerprint density at radius 1 is 1.02 bits per heavy atom. The Morgan fingerprint density at radius 3 is 2.09 bits per heavy atom. The molecular formula is C30H46F3N3O6SSn. The van der Waals surface area contributed by atoms with E-state index < -0.39 is 57.5 Å². The largest absolute Gasteiger partial charge is 0.416 e. The van der Waals surface area contributed by atoms with Gasteiger partial charge in [0, 0.05) is 6.61 Å². The number of benzene rings is 1. The molecule has 44 heavy (non-hydrogen) atoms. The van der Waals surface area contributed by atoms with Crippen LogP contribution in [0.1, 0.15) is 95.8 Å². The number of unbranched alkanes of at least 4 members (excludes halogenated alkanes) is 3. The quantitative estimate of drug-likeness (QED) is 0.219. The van der Waals surface area contributed by atoms with E-state index in [1.54, 1.807) is 8.61 Å². The molecule has 0 radical (unpaired) electrons. The molecule has 1 unspecified atom stereocenters. The van der Waals surface area contributed by atoms with Gasteiger partial charge >= 0.3 is 130 Å². The molecule has 2 N–H and O–H groups in total. The molecule has 1 saturated heterocycles. The fourth-order valence-corrected chi connectivity index (χ4v) is 22.3. The second kappa shape index (κ2) is 16.0. The van der Waals surface area contributed by atoms with Gasteiger partial charge < -0.3 is 9.72 Å². The van der Waals surface area contributed by atoms with E-state index in [2.05, 4.69) is 31.8 Å². The van der Waals surface area contributed by atoms with Crippen LogP contribution in [0, 0.1) is 0 Å². The summed E-state index contributed by atoms with van der Waals surface area (Å²) < 4.78 is 80.6. The monoisotopic (exact) mass is 753 g/mol. The third-order valence-electron chi connectivity index (χ3n) is 8.16. The number of fused-ring (bicyclic) bond motifs is 1. The van der Waals surface area contributed by atoms with E-state index in [1.807, 2.05) is 0 Å². The van der Waals surface area contributed by atoms with Crippen LogP contribution >= 0.6 is 0 Å². The molecule has 1 aromatic carbocycles. The minimum absolute atomic E-state index is 0.199. The molecule has 2 aliphatic rings. The summed E-state index contributed by atoms with van der Waals surface area (Å²) in [5.74, 6) is 0. The van der Waals surface area contributed by atoms with Crippen molar-refractivity contribution >= 4 is 39.3 Å². The molecule has 4 rings (SSSR count). The molecule has 9 nitrogen and oxygen atoms in total. The van der Waals surface area contributed by atoms with Crippen molar-refractivity contribution in [2.75, 3.05) is 24.3 Å². The number of sulfonamides is 1. The van der Waals surface area contributed by atoms with E-state index in [0.29, 0.717) is 25.5 Å². The first-order chi connectivity index (χ1) is 20.8. The smallest absolute Gasteiger partial charge is 0.374 e. The van der Waals surface area contributed by atoms with Gasteiger partial charge in [-0.1, -0.05) is 0 Å². The van der Waals surface area contributed by atoms with Crippen LogP contribution in [-0.2, 0) is 25.7 Å². The second-order valence-corrected chi connectivity index (χ2v) is 26.4. The molecule has 0 spiro atoms. The maximum Gasteiger partial charge on any atom is 0.416 e. The zero-order chi connectivity index (χ0) is 32.5. The Kier molecular flexibility index (Phi) is 13.3. The summed E-state index contributed by atoms with van der Waals surface area (Å²) in [6.45, 7) is 8.27. The zero-order valence-corrected chi connectivity index (χ0v) is 29.8. The third kappa shape index (κ3) is 9.51. The summed E-state index contributed by atoms with van der Waals surface area (Å²) in [5.41, 5.74) is -3.87. The van der Waals surface area contributed by atoms with Crippen molar-refractivity contribution in [3.8, 4) is 0 Å². The molecule has 2 aliphatic heterocycles. The number of hydrogen-bond donors (Lipinski definition) is 2. The van der Waals surface area contributed by atoms with Crippen molar-refractivity contribution < 1.29 is 31.1 Å². The molecule has 3 heterocycles. The molecule has 0 bridgehead atoms. The Bertz CT molecular complexity index is 1490. The van der Waals surface area contributed by atoms with Crippen molar-refractivity contribution in [3.63, 3.8) is 0 Å². The molecule has 0 amide bonds. The Morgan fingerprint density at radius 2 is 1.64 bits per heavy atom. The summed E-state index contributed by atoms with van der Waals surface area (Å²) in [6, 6.07) is 1.66. The summed E-state index contributed by atoms with van der Waals surface area (Å²) >= 11 is -2.14. The Hall–Kier alpha value is -2.00. The van der Waals surface area contributed by atoms with Crippen LogP contribution in [-0.4, -0.2) is 55.9 Å². The summed E-state index contributed by atoms with van der Waals surface area (Å²) in [4.78, 5) is 28.2. The fourth-order valence-electron chi connectivity index (χ4n) is 5.94. The van der Waals surface area contributed by atoms with E-state index in [0.717, 1.165) is 18.9 Å². The van der Waals surface area contributed by atoms with E-state index in [-0.39, 0.29) is 21.1 Å². The van der Waals surface area contributed by atoms with Gasteiger partial charge in [-0.05, 0) is 30.5 Å². The van der Waals surface area contributed by atoms with Crippen LogP contribution in [0.3, 0.4) is 0 Å². The average Bonchev–Trinajstić information content (AvgIpc) is 3.70. The summed E-state index contributed by atoms with van der Waals surface area (Å²) in [6.07, 6.45) is 8.12. The predicted molar refractivity (Wildman–Crippen MR) is 170 cm³/mol. The van der Waals surface area contributed by atoms with Gasteiger partial charge in [0.1, 0.15) is 0 Å². The summed E-state index contributed by atoms with van der Waals surface area (Å²) in [5, 5.41) is -0.265. The molecule has 248 valence electrons. The third-order valence-corrected chi connectivity index (χ3v) is 23.9. The standard InChI is InChI=1S/C14H14F3N3O5S.C4H5O.3C4H9.Sn/c1-26(23,24)19-20-12(21)8-5-7(11-3-2-4-25-11)9(14(15,16)17)6-10(8)18-13(20)22;1-2-4-5-3-1;3*1-3-4-2;/h5-6,11,19H,2-4H2,1H3,(H,18,22);1H,2,4H2;3*1,3-4H2,2H3;. The molecule has 1 fully saturated rings. The molecule has 0 aliphatic carbocycles. The van der Waals surface area contributed by atoms with Gasteiger partial charge in [0.15, 0.2) is 0 Å². The molecule has 1 aromatic heterocycles. The topological polar surface area (TPSA) is 119 Å². The molecule has 2 aromatic rings. The minimum Gasteiger partial charge on any atom is -0.374 e. The Balaban J connectivity index is 0.000000259. The number of nitrogens with one attached hydrogen (secondary N) is 2. The van der Waals surface area contributed by atoms with Crippen molar-refractivity contribution in [3.05, 3.63) is 53.9 Å². The minimum atomic E-state index is -4.72. The molecule has 0 saturated carbocycles. The first kappa shape index (κ1) is 36.5. The van der Waals surface area contributed by atoms with Gasteiger partial charge in [0.05, 0.1) is 28.8 Å². The second-order valence-electron chi connectivity index (χ2n) is 11.7. The van der Waals surface area contributed by atoms with Gasteiger partial charge in [0.25, 0.3) is 5.56 Å². The van der Waals surface area contributed by atoms with Crippen molar-refractivity contribution in [1.29, 1.82) is 0 Å². The van der Waals surface area contributed by atoms with Crippen molar-refractivity contribution in [2.24, 2.45) is 0 Å². The van der Waals surface area contributed by atoms with Crippen LogP contribution < -0.4 is 16.1 Å². The van der Waals surface area contributed by atoms with Gasteiger partial charge in [0.2, 0.25) is 10.0 Å². The number of alkyl halides is 3. The fraction of sp³-hybridized carbons (Fsp3) is 0.667. The normalized spacial score (nSPS) is 17.2. The molecular weight excluding hydrogens is 706 g/mol. The predicted octanol–water partition coefficient (Wildman–Crippen LogP) is 6.74. The Labute approximate surface area is 261 Å². The number of ether oxygens (including phenoxy) is 2. The zero-order valence-electron chi connectivity index (χ0n) is 26.1. The number of hydrogen-bond acceptors (Lipinski definition) is 6. The number of aromatic nitrogens is 2. The number of aromatic amines is 1. The maximum atomic E-state index is 13.4. The number of rotatable bonds is 13. The average molecular weight is 752 g/mol. The van der Waals surface area contributed by atoms with E-state index >= 15 is 0 Å². The van der Waals surface area contributed by atoms with Crippen molar-refractivity contribution in [1.82, 2.24) is 9.66 Å². The number of halogens is 3. The van der Waals surface area contributed by atoms with Gasteiger partial charge in [-0.15, -0.1) is 0 Å². The molecule has 14 heteroatoms. The van der Waals surface area contributed by atoms with Gasteiger partial charge in [-0.25, -0.2) is 18.0 Å². The van der Waals surface area contributed by atoms with Crippen LogP contribution in [0.5, 0.6) is 0 Å². The van der Waals surface area contributed by atoms with Crippen LogP contribution in [0.2, 0.25) is 13.3 Å². The maximum absolute atomic E-state index is 13.4. The van der Waals surface area contributed by atoms with E-state index in [4.69, 9.17) is 9.47 Å². The first-order valence-corrected chi connectivity index (χ1v) is 25.0. The molecule has 1 atom stereocenters. The number of nitrogens with zero attached hydrogens (tertiary/aromatic N) is 1.